The van der Waals surface area contributed by atoms with Gasteiger partial charge in [0, 0.05) is 45.2 Å². The molecule has 0 saturated carbocycles. The lowest BCUT2D eigenvalue weighted by Crippen LogP contribution is -2.24. The normalized spacial score (nSPS) is 19.1. The van der Waals surface area contributed by atoms with Crippen LogP contribution in [0.15, 0.2) is 23.1 Å². The van der Waals surface area contributed by atoms with Gasteiger partial charge in [0.05, 0.1) is 0 Å². The summed E-state index contributed by atoms with van der Waals surface area (Å²) in [5, 5.41) is 4.20. The highest BCUT2D eigenvalue weighted by molar-refractivity contribution is 8.06. The second-order valence-electron chi connectivity index (χ2n) is 4.20. The largest absolute Gasteiger partial charge is 0.389 e. The predicted octanol–water partition coefficient (Wildman–Crippen LogP) is 3.30. The van der Waals surface area contributed by atoms with Crippen LogP contribution in [0.2, 0.25) is 0 Å². The fraction of sp³-hybridized carbons (Fsp3) is 0.462. The number of thiocarbonyl (C=S) groups is 1. The van der Waals surface area contributed by atoms with Crippen LogP contribution in [0.5, 0.6) is 0 Å². The number of rotatable bonds is 5. The van der Waals surface area contributed by atoms with Crippen LogP contribution in [0.4, 0.5) is 5.69 Å². The molecule has 0 amide bonds. The zero-order valence-corrected chi connectivity index (χ0v) is 14.1. The third kappa shape index (κ3) is 4.21. The second-order valence-corrected chi connectivity index (χ2v) is 8.04. The number of hydrogen-bond acceptors (Lipinski definition) is 5. The summed E-state index contributed by atoms with van der Waals surface area (Å²) in [6, 6.07) is 6.18. The second kappa shape index (κ2) is 7.67. The van der Waals surface area contributed by atoms with Crippen LogP contribution in [-0.4, -0.2) is 40.3 Å². The molecule has 0 aromatic heterocycles. The minimum Gasteiger partial charge on any atom is -0.389 e. The first-order valence-electron chi connectivity index (χ1n) is 6.12. The maximum absolute atomic E-state index is 5.87. The fourth-order valence-electron chi connectivity index (χ4n) is 1.98. The topological polar surface area (TPSA) is 38.0 Å². The first-order valence-corrected chi connectivity index (χ1v) is 9.96. The molecular weight excluding hydrogens is 312 g/mol. The van der Waals surface area contributed by atoms with E-state index in [4.69, 9.17) is 18.0 Å². The Morgan fingerprint density at radius 1 is 1.53 bits per heavy atom. The fourth-order valence-corrected chi connectivity index (χ4v) is 5.52. The van der Waals surface area contributed by atoms with Gasteiger partial charge in [0.1, 0.15) is 4.99 Å². The van der Waals surface area contributed by atoms with Crippen LogP contribution in [0.1, 0.15) is 5.56 Å². The molecule has 1 atom stereocenters. The molecule has 1 aliphatic rings. The van der Waals surface area contributed by atoms with Crippen molar-refractivity contribution in [1.82, 2.24) is 0 Å². The Kier molecular flexibility index (Phi) is 6.19. The molecule has 2 rings (SSSR count). The van der Waals surface area contributed by atoms with Gasteiger partial charge in [0.15, 0.2) is 0 Å². The minimum atomic E-state index is 0.470. The van der Waals surface area contributed by atoms with Crippen molar-refractivity contribution in [3.8, 4) is 0 Å². The van der Waals surface area contributed by atoms with Crippen LogP contribution in [-0.2, 0) is 0 Å². The first kappa shape index (κ1) is 15.4. The summed E-state index contributed by atoms with van der Waals surface area (Å²) in [4.78, 5) is 1.61. The molecule has 6 heteroatoms. The Bertz CT molecular complexity index is 444. The summed E-state index contributed by atoms with van der Waals surface area (Å²) < 4.78 is 0. The van der Waals surface area contributed by atoms with Crippen molar-refractivity contribution in [3.05, 3.63) is 23.8 Å². The molecule has 1 fully saturated rings. The molecule has 0 radical (unpaired) electrons. The molecule has 19 heavy (non-hydrogen) atoms. The van der Waals surface area contributed by atoms with E-state index in [1.165, 1.54) is 17.3 Å². The summed E-state index contributed by atoms with van der Waals surface area (Å²) in [6.07, 6.45) is 2.05. The van der Waals surface area contributed by atoms with E-state index in [0.29, 0.717) is 10.2 Å². The van der Waals surface area contributed by atoms with Crippen molar-refractivity contribution in [2.24, 2.45) is 5.73 Å². The van der Waals surface area contributed by atoms with Crippen LogP contribution in [0.25, 0.3) is 0 Å². The van der Waals surface area contributed by atoms with E-state index in [9.17, 15) is 0 Å². The molecule has 2 nitrogen and oxygen atoms in total. The molecule has 1 unspecified atom stereocenters. The summed E-state index contributed by atoms with van der Waals surface area (Å²) in [5.74, 6) is 3.76. The Balaban J connectivity index is 2.08. The van der Waals surface area contributed by atoms with Gasteiger partial charge < -0.3 is 11.1 Å². The number of nitrogens with two attached hydrogens (primary N) is 1. The van der Waals surface area contributed by atoms with Gasteiger partial charge in [-0.15, -0.1) is 11.8 Å². The van der Waals surface area contributed by atoms with Gasteiger partial charge >= 0.3 is 0 Å². The molecule has 1 aromatic rings. The summed E-state index contributed by atoms with van der Waals surface area (Å²) in [5.41, 5.74) is 7.92. The number of thioether (sulfide) groups is 3. The highest BCUT2D eigenvalue weighted by Crippen LogP contribution is 2.29. The van der Waals surface area contributed by atoms with Crippen LogP contribution >= 0.6 is 47.5 Å². The van der Waals surface area contributed by atoms with E-state index in [2.05, 4.69) is 41.5 Å². The van der Waals surface area contributed by atoms with Crippen LogP contribution < -0.4 is 11.1 Å². The maximum atomic E-state index is 5.87. The average molecular weight is 331 g/mol. The standard InChI is InChI=1S/C13H18N2S4/c1-17-11-4-2-3-10(12(11)13(14)16)15-7-9-8-18-5-6-19-9/h2-4,9,15H,5-8H2,1H3,(H2,14,16). The van der Waals surface area contributed by atoms with E-state index in [1.807, 2.05) is 11.8 Å². The first-order chi connectivity index (χ1) is 9.22. The van der Waals surface area contributed by atoms with Gasteiger partial charge in [-0.05, 0) is 18.4 Å². The molecular formula is C13H18N2S4. The quantitative estimate of drug-likeness (QED) is 0.637. The molecule has 1 aliphatic heterocycles. The van der Waals surface area contributed by atoms with Crippen LogP contribution in [0.3, 0.4) is 0 Å². The lowest BCUT2D eigenvalue weighted by Gasteiger charge is -2.23. The zero-order valence-electron chi connectivity index (χ0n) is 10.8. The molecule has 104 valence electrons. The number of nitrogens with one attached hydrogen (secondary N) is 1. The molecule has 3 N–H and O–H groups in total. The monoisotopic (exact) mass is 330 g/mol. The third-order valence-electron chi connectivity index (χ3n) is 2.90. The molecule has 1 aromatic carbocycles. The van der Waals surface area contributed by atoms with E-state index in [0.717, 1.165) is 22.7 Å². The van der Waals surface area contributed by atoms with E-state index in [-0.39, 0.29) is 0 Å². The van der Waals surface area contributed by atoms with Gasteiger partial charge in [-0.1, -0.05) is 18.3 Å². The SMILES string of the molecule is CSc1cccc(NCC2CSCCS2)c1C(N)=S. The lowest BCUT2D eigenvalue weighted by atomic mass is 10.1. The lowest BCUT2D eigenvalue weighted by molar-refractivity contribution is 1.00. The van der Waals surface area contributed by atoms with Crippen molar-refractivity contribution in [2.75, 3.05) is 35.4 Å². The van der Waals surface area contributed by atoms with Crippen molar-refractivity contribution < 1.29 is 0 Å². The van der Waals surface area contributed by atoms with Crippen molar-refractivity contribution in [3.63, 3.8) is 0 Å². The highest BCUT2D eigenvalue weighted by Gasteiger charge is 2.16. The number of hydrogen-bond donors (Lipinski definition) is 2. The number of anilines is 1. The average Bonchev–Trinajstić information content (AvgIpc) is 2.45. The molecule has 0 bridgehead atoms. The summed E-state index contributed by atoms with van der Waals surface area (Å²) in [6.45, 7) is 0.977. The molecule has 1 saturated heterocycles. The van der Waals surface area contributed by atoms with E-state index in [1.54, 1.807) is 11.8 Å². The van der Waals surface area contributed by atoms with Gasteiger partial charge in [-0.2, -0.15) is 23.5 Å². The summed E-state index contributed by atoms with van der Waals surface area (Å²) in [7, 11) is 0. The molecule has 0 spiro atoms. The highest BCUT2D eigenvalue weighted by atomic mass is 32.2. The van der Waals surface area contributed by atoms with Gasteiger partial charge in [-0.3, -0.25) is 0 Å². The van der Waals surface area contributed by atoms with Crippen molar-refractivity contribution >= 4 is 58.2 Å². The van der Waals surface area contributed by atoms with E-state index < -0.39 is 0 Å². The molecule has 0 aliphatic carbocycles. The Morgan fingerprint density at radius 3 is 3.00 bits per heavy atom. The zero-order chi connectivity index (χ0) is 13.7. The predicted molar refractivity (Wildman–Crippen MR) is 96.2 cm³/mol. The third-order valence-corrected chi connectivity index (χ3v) is 6.73. The minimum absolute atomic E-state index is 0.470. The smallest absolute Gasteiger partial charge is 0.107 e. The maximum Gasteiger partial charge on any atom is 0.107 e. The van der Waals surface area contributed by atoms with Gasteiger partial charge in [0.2, 0.25) is 0 Å². The Morgan fingerprint density at radius 2 is 2.37 bits per heavy atom. The molecule has 1 heterocycles. The van der Waals surface area contributed by atoms with Gasteiger partial charge in [-0.25, -0.2) is 0 Å². The van der Waals surface area contributed by atoms with E-state index >= 15 is 0 Å². The Labute approximate surface area is 133 Å². The Hall–Kier alpha value is -0.0400. The van der Waals surface area contributed by atoms with Gasteiger partial charge in [0.25, 0.3) is 0 Å². The van der Waals surface area contributed by atoms with Crippen molar-refractivity contribution in [2.45, 2.75) is 10.1 Å². The summed E-state index contributed by atoms with van der Waals surface area (Å²) >= 11 is 11.0. The number of benzene rings is 1. The van der Waals surface area contributed by atoms with Crippen molar-refractivity contribution in [1.29, 1.82) is 0 Å². The van der Waals surface area contributed by atoms with Crippen LogP contribution in [0, 0.1) is 0 Å².